The van der Waals surface area contributed by atoms with Crippen LogP contribution in [0.3, 0.4) is 0 Å². The van der Waals surface area contributed by atoms with Crippen molar-refractivity contribution >= 4 is 8.32 Å². The second kappa shape index (κ2) is 10.8. The van der Waals surface area contributed by atoms with Crippen molar-refractivity contribution in [2.75, 3.05) is 20.3 Å². The second-order valence-corrected chi connectivity index (χ2v) is 10.5. The van der Waals surface area contributed by atoms with Gasteiger partial charge in [0, 0.05) is 13.2 Å². The molecule has 1 aromatic carbocycles. The van der Waals surface area contributed by atoms with E-state index in [0.29, 0.717) is 6.61 Å². The van der Waals surface area contributed by atoms with Crippen molar-refractivity contribution in [1.29, 1.82) is 0 Å². The number of hydrogen-bond acceptors (Lipinski definition) is 3. The Morgan fingerprint density at radius 2 is 1.45 bits per heavy atom. The summed E-state index contributed by atoms with van der Waals surface area (Å²) in [6, 6.07) is 11.7. The van der Waals surface area contributed by atoms with Gasteiger partial charge in [0.2, 0.25) is 0 Å². The predicted octanol–water partition coefficient (Wildman–Crippen LogP) is 5.01. The van der Waals surface area contributed by atoms with Gasteiger partial charge in [-0.3, -0.25) is 0 Å². The molecule has 0 aromatic heterocycles. The van der Waals surface area contributed by atoms with E-state index in [1.54, 1.807) is 7.11 Å². The molecule has 0 heterocycles. The van der Waals surface area contributed by atoms with Crippen LogP contribution in [-0.2, 0) is 15.8 Å². The van der Waals surface area contributed by atoms with Crippen molar-refractivity contribution in [2.45, 2.75) is 58.4 Å². The predicted molar refractivity (Wildman–Crippen MR) is 95.0 cm³/mol. The molecule has 0 aliphatic rings. The molecule has 1 rings (SSSR count). The first-order valence-electron chi connectivity index (χ1n) is 8.54. The van der Waals surface area contributed by atoms with Crippen LogP contribution in [0.15, 0.2) is 24.3 Å². The van der Waals surface area contributed by atoms with Crippen LogP contribution in [0.2, 0.25) is 18.1 Å². The number of benzene rings is 1. The number of methoxy groups -OCH3 is 1. The van der Waals surface area contributed by atoms with Crippen molar-refractivity contribution in [2.24, 2.45) is 0 Å². The molecule has 126 valence electrons. The lowest BCUT2D eigenvalue weighted by atomic mass is 10.2. The summed E-state index contributed by atoms with van der Waals surface area (Å²) in [6.45, 7) is 9.19. The van der Waals surface area contributed by atoms with Gasteiger partial charge in [0.15, 0.2) is 8.32 Å². The molecule has 4 heteroatoms. The van der Waals surface area contributed by atoms with Gasteiger partial charge in [0.1, 0.15) is 5.75 Å². The highest BCUT2D eigenvalue weighted by atomic mass is 28.4. The summed E-state index contributed by atoms with van der Waals surface area (Å²) in [4.78, 5) is 0. The standard InChI is InChI=1S/C18H32O3Si/c1-5-22(6-2,7-3)21-15-9-8-14-20-16-17-10-12-18(19-4)13-11-17/h10-13H,5-9,14-16H2,1-4H3. The van der Waals surface area contributed by atoms with Gasteiger partial charge in [-0.1, -0.05) is 32.9 Å². The van der Waals surface area contributed by atoms with Crippen LogP contribution in [0.5, 0.6) is 5.75 Å². The van der Waals surface area contributed by atoms with Crippen LogP contribution >= 0.6 is 0 Å². The molecule has 1 aromatic rings. The summed E-state index contributed by atoms with van der Waals surface area (Å²) < 4.78 is 17.1. The van der Waals surface area contributed by atoms with Crippen LogP contribution < -0.4 is 4.74 Å². The van der Waals surface area contributed by atoms with E-state index in [0.717, 1.165) is 31.8 Å². The molecule has 0 saturated heterocycles. The molecule has 0 saturated carbocycles. The highest BCUT2D eigenvalue weighted by molar-refractivity contribution is 6.73. The zero-order valence-electron chi connectivity index (χ0n) is 14.7. The Hall–Kier alpha value is -0.843. The van der Waals surface area contributed by atoms with Crippen LogP contribution in [-0.4, -0.2) is 28.6 Å². The first-order valence-corrected chi connectivity index (χ1v) is 11.1. The number of ether oxygens (including phenoxy) is 2. The summed E-state index contributed by atoms with van der Waals surface area (Å²) in [5.41, 5.74) is 1.19. The van der Waals surface area contributed by atoms with Gasteiger partial charge in [0.05, 0.1) is 13.7 Å². The third-order valence-corrected chi connectivity index (χ3v) is 9.13. The van der Waals surface area contributed by atoms with E-state index in [1.807, 2.05) is 24.3 Å². The van der Waals surface area contributed by atoms with Gasteiger partial charge in [-0.25, -0.2) is 0 Å². The van der Waals surface area contributed by atoms with E-state index >= 15 is 0 Å². The Bertz CT molecular complexity index is 380. The second-order valence-electron chi connectivity index (χ2n) is 5.70. The molecule has 0 atom stereocenters. The Kier molecular flexibility index (Phi) is 9.44. The summed E-state index contributed by atoms with van der Waals surface area (Å²) in [5, 5.41) is 0. The fourth-order valence-corrected chi connectivity index (χ4v) is 5.25. The molecule has 0 unspecified atom stereocenters. The third-order valence-electron chi connectivity index (χ3n) is 4.45. The Balaban J connectivity index is 2.10. The zero-order chi connectivity index (χ0) is 16.3. The van der Waals surface area contributed by atoms with Gasteiger partial charge in [0.25, 0.3) is 0 Å². The van der Waals surface area contributed by atoms with Crippen LogP contribution in [0.25, 0.3) is 0 Å². The maximum Gasteiger partial charge on any atom is 0.191 e. The smallest absolute Gasteiger partial charge is 0.191 e. The van der Waals surface area contributed by atoms with Crippen LogP contribution in [0, 0.1) is 0 Å². The molecule has 0 spiro atoms. The molecular weight excluding hydrogens is 292 g/mol. The molecule has 0 aliphatic carbocycles. The normalized spacial score (nSPS) is 11.6. The lowest BCUT2D eigenvalue weighted by Crippen LogP contribution is -2.36. The van der Waals surface area contributed by atoms with Gasteiger partial charge < -0.3 is 13.9 Å². The number of rotatable bonds is 12. The topological polar surface area (TPSA) is 27.7 Å². The first kappa shape index (κ1) is 19.2. The Labute approximate surface area is 137 Å². The first-order chi connectivity index (χ1) is 10.7. The Morgan fingerprint density at radius 3 is 2.00 bits per heavy atom. The zero-order valence-corrected chi connectivity index (χ0v) is 15.7. The SMILES string of the molecule is CC[Si](CC)(CC)OCCCCOCc1ccc(OC)cc1. The quantitative estimate of drug-likeness (QED) is 0.399. The third kappa shape index (κ3) is 6.51. The minimum absolute atomic E-state index is 0.669. The minimum Gasteiger partial charge on any atom is -0.497 e. The molecular formula is C18H32O3Si. The molecule has 0 aliphatic heterocycles. The van der Waals surface area contributed by atoms with Gasteiger partial charge in [-0.15, -0.1) is 0 Å². The summed E-state index contributed by atoms with van der Waals surface area (Å²) in [7, 11) is 0.281. The summed E-state index contributed by atoms with van der Waals surface area (Å²) in [5.74, 6) is 0.885. The average molecular weight is 325 g/mol. The van der Waals surface area contributed by atoms with Gasteiger partial charge in [-0.05, 0) is 48.7 Å². The monoisotopic (exact) mass is 324 g/mol. The minimum atomic E-state index is -1.40. The number of unbranched alkanes of at least 4 members (excludes halogenated alkanes) is 1. The molecule has 0 fully saturated rings. The van der Waals surface area contributed by atoms with E-state index in [-0.39, 0.29) is 0 Å². The molecule has 0 N–H and O–H groups in total. The summed E-state index contributed by atoms with van der Waals surface area (Å²) >= 11 is 0. The van der Waals surface area contributed by atoms with Gasteiger partial charge >= 0.3 is 0 Å². The van der Waals surface area contributed by atoms with Crippen molar-refractivity contribution in [1.82, 2.24) is 0 Å². The maximum absolute atomic E-state index is 6.24. The number of hydrogen-bond donors (Lipinski definition) is 0. The molecule has 0 radical (unpaired) electrons. The summed E-state index contributed by atoms with van der Waals surface area (Å²) in [6.07, 6.45) is 2.16. The molecule has 22 heavy (non-hydrogen) atoms. The molecule has 3 nitrogen and oxygen atoms in total. The highest BCUT2D eigenvalue weighted by Gasteiger charge is 2.27. The van der Waals surface area contributed by atoms with E-state index < -0.39 is 8.32 Å². The van der Waals surface area contributed by atoms with E-state index in [2.05, 4.69) is 20.8 Å². The molecule has 0 bridgehead atoms. The van der Waals surface area contributed by atoms with E-state index in [4.69, 9.17) is 13.9 Å². The van der Waals surface area contributed by atoms with Crippen molar-refractivity contribution < 1.29 is 13.9 Å². The van der Waals surface area contributed by atoms with Crippen LogP contribution in [0.1, 0.15) is 39.2 Å². The lowest BCUT2D eigenvalue weighted by Gasteiger charge is -2.27. The van der Waals surface area contributed by atoms with Crippen molar-refractivity contribution in [3.8, 4) is 5.75 Å². The van der Waals surface area contributed by atoms with E-state index in [1.165, 1.54) is 23.7 Å². The Morgan fingerprint density at radius 1 is 0.864 bits per heavy atom. The van der Waals surface area contributed by atoms with Gasteiger partial charge in [-0.2, -0.15) is 0 Å². The maximum atomic E-state index is 6.24. The fraction of sp³-hybridized carbons (Fsp3) is 0.667. The highest BCUT2D eigenvalue weighted by Crippen LogP contribution is 2.21. The fourth-order valence-electron chi connectivity index (χ4n) is 2.56. The van der Waals surface area contributed by atoms with Crippen LogP contribution in [0.4, 0.5) is 0 Å². The molecule has 0 amide bonds. The van der Waals surface area contributed by atoms with Crippen molar-refractivity contribution in [3.05, 3.63) is 29.8 Å². The largest absolute Gasteiger partial charge is 0.497 e. The average Bonchev–Trinajstić information content (AvgIpc) is 2.58. The van der Waals surface area contributed by atoms with E-state index in [9.17, 15) is 0 Å². The van der Waals surface area contributed by atoms with Crippen molar-refractivity contribution in [3.63, 3.8) is 0 Å². The lowest BCUT2D eigenvalue weighted by molar-refractivity contribution is 0.113.